The summed E-state index contributed by atoms with van der Waals surface area (Å²) in [6, 6.07) is 9.69. The van der Waals surface area contributed by atoms with Crippen LogP contribution < -0.4 is 10.6 Å². The van der Waals surface area contributed by atoms with Crippen molar-refractivity contribution in [2.75, 3.05) is 6.54 Å². The quantitative estimate of drug-likeness (QED) is 0.718. The maximum absolute atomic E-state index is 11.4. The van der Waals surface area contributed by atoms with Gasteiger partial charge in [-0.3, -0.25) is 10.1 Å². The summed E-state index contributed by atoms with van der Waals surface area (Å²) in [6.45, 7) is 2.63. The number of terminal acetylenes is 1. The summed E-state index contributed by atoms with van der Waals surface area (Å²) < 4.78 is 0. The Balaban J connectivity index is 2.24. The summed E-state index contributed by atoms with van der Waals surface area (Å²) in [7, 11) is 0. The SMILES string of the molecule is C#CC(C)NCC(=O)NCc1ccccc1. The Morgan fingerprint density at radius 3 is 2.75 bits per heavy atom. The molecule has 0 saturated carbocycles. The van der Waals surface area contributed by atoms with E-state index in [1.165, 1.54) is 0 Å². The molecule has 0 aliphatic rings. The van der Waals surface area contributed by atoms with Crippen LogP contribution in [0.3, 0.4) is 0 Å². The molecule has 84 valence electrons. The van der Waals surface area contributed by atoms with Crippen molar-refractivity contribution in [3.05, 3.63) is 35.9 Å². The van der Waals surface area contributed by atoms with Gasteiger partial charge in [-0.05, 0) is 12.5 Å². The first kappa shape index (κ1) is 12.3. The van der Waals surface area contributed by atoms with E-state index < -0.39 is 0 Å². The van der Waals surface area contributed by atoms with Gasteiger partial charge in [0.15, 0.2) is 0 Å². The van der Waals surface area contributed by atoms with Crippen molar-refractivity contribution in [2.24, 2.45) is 0 Å². The molecule has 0 radical (unpaired) electrons. The lowest BCUT2D eigenvalue weighted by Gasteiger charge is -2.08. The molecule has 0 aromatic heterocycles. The van der Waals surface area contributed by atoms with Gasteiger partial charge in [0, 0.05) is 6.54 Å². The van der Waals surface area contributed by atoms with Crippen molar-refractivity contribution in [3.63, 3.8) is 0 Å². The van der Waals surface area contributed by atoms with Gasteiger partial charge in [0.2, 0.25) is 5.91 Å². The molecule has 0 bridgehead atoms. The largest absolute Gasteiger partial charge is 0.351 e. The molecule has 3 nitrogen and oxygen atoms in total. The maximum atomic E-state index is 11.4. The van der Waals surface area contributed by atoms with E-state index in [1.54, 1.807) is 0 Å². The standard InChI is InChI=1S/C13H16N2O/c1-3-11(2)14-10-13(16)15-9-12-7-5-4-6-8-12/h1,4-8,11,14H,9-10H2,2H3,(H,15,16). The molecule has 1 atom stereocenters. The molecule has 1 unspecified atom stereocenters. The second-order valence-corrected chi connectivity index (χ2v) is 3.53. The molecule has 1 aromatic carbocycles. The molecule has 0 aliphatic heterocycles. The zero-order valence-corrected chi connectivity index (χ0v) is 9.36. The average molecular weight is 216 g/mol. The summed E-state index contributed by atoms with van der Waals surface area (Å²) in [5.41, 5.74) is 1.08. The molecule has 1 amide bonds. The third-order valence-corrected chi connectivity index (χ3v) is 2.15. The van der Waals surface area contributed by atoms with Gasteiger partial charge >= 0.3 is 0 Å². The van der Waals surface area contributed by atoms with Crippen molar-refractivity contribution in [3.8, 4) is 12.3 Å². The van der Waals surface area contributed by atoms with Gasteiger partial charge in [0.25, 0.3) is 0 Å². The summed E-state index contributed by atoms with van der Waals surface area (Å²) in [5.74, 6) is 2.45. The van der Waals surface area contributed by atoms with Crippen LogP contribution in [0.4, 0.5) is 0 Å². The van der Waals surface area contributed by atoms with Crippen LogP contribution in [0.2, 0.25) is 0 Å². The van der Waals surface area contributed by atoms with E-state index in [-0.39, 0.29) is 18.5 Å². The van der Waals surface area contributed by atoms with Gasteiger partial charge < -0.3 is 5.32 Å². The highest BCUT2D eigenvalue weighted by molar-refractivity contribution is 5.78. The summed E-state index contributed by atoms with van der Waals surface area (Å²) >= 11 is 0. The zero-order valence-electron chi connectivity index (χ0n) is 9.36. The third-order valence-electron chi connectivity index (χ3n) is 2.15. The van der Waals surface area contributed by atoms with E-state index in [0.717, 1.165) is 5.56 Å². The number of carbonyl (C=O) groups excluding carboxylic acids is 1. The Kier molecular flexibility index (Phi) is 5.10. The van der Waals surface area contributed by atoms with E-state index >= 15 is 0 Å². The lowest BCUT2D eigenvalue weighted by atomic mass is 10.2. The Morgan fingerprint density at radius 1 is 1.44 bits per heavy atom. The van der Waals surface area contributed by atoms with Crippen molar-refractivity contribution in [2.45, 2.75) is 19.5 Å². The highest BCUT2D eigenvalue weighted by Crippen LogP contribution is 1.96. The molecule has 0 spiro atoms. The first-order chi connectivity index (χ1) is 7.72. The number of benzene rings is 1. The normalized spacial score (nSPS) is 11.5. The molecule has 2 N–H and O–H groups in total. The predicted octanol–water partition coefficient (Wildman–Crippen LogP) is 0.914. The fourth-order valence-corrected chi connectivity index (χ4v) is 1.16. The van der Waals surface area contributed by atoms with Crippen LogP contribution >= 0.6 is 0 Å². The number of nitrogens with one attached hydrogen (secondary N) is 2. The van der Waals surface area contributed by atoms with E-state index in [1.807, 2.05) is 37.3 Å². The van der Waals surface area contributed by atoms with Crippen molar-refractivity contribution in [1.82, 2.24) is 10.6 Å². The molecule has 1 rings (SSSR count). The number of carbonyl (C=O) groups is 1. The Bertz CT molecular complexity index is 367. The van der Waals surface area contributed by atoms with Crippen molar-refractivity contribution >= 4 is 5.91 Å². The van der Waals surface area contributed by atoms with E-state index in [4.69, 9.17) is 6.42 Å². The van der Waals surface area contributed by atoms with Crippen LogP contribution in [0, 0.1) is 12.3 Å². The molecule has 3 heteroatoms. The number of amides is 1. The Labute approximate surface area is 96.2 Å². The van der Waals surface area contributed by atoms with Gasteiger partial charge in [-0.2, -0.15) is 0 Å². The van der Waals surface area contributed by atoms with E-state index in [0.29, 0.717) is 6.54 Å². The van der Waals surface area contributed by atoms with E-state index in [2.05, 4.69) is 16.6 Å². The Morgan fingerprint density at radius 2 is 2.12 bits per heavy atom. The Hall–Kier alpha value is -1.79. The minimum Gasteiger partial charge on any atom is -0.351 e. The molecular formula is C13H16N2O. The van der Waals surface area contributed by atoms with Crippen LogP contribution in [-0.4, -0.2) is 18.5 Å². The fraction of sp³-hybridized carbons (Fsp3) is 0.308. The van der Waals surface area contributed by atoms with Gasteiger partial charge in [-0.15, -0.1) is 6.42 Å². The van der Waals surface area contributed by atoms with Crippen LogP contribution in [0.1, 0.15) is 12.5 Å². The van der Waals surface area contributed by atoms with Crippen LogP contribution in [0.5, 0.6) is 0 Å². The molecule has 0 aliphatic carbocycles. The molecule has 0 saturated heterocycles. The smallest absolute Gasteiger partial charge is 0.234 e. The van der Waals surface area contributed by atoms with Crippen molar-refractivity contribution in [1.29, 1.82) is 0 Å². The minimum atomic E-state index is -0.0810. The lowest BCUT2D eigenvalue weighted by Crippen LogP contribution is -2.37. The van der Waals surface area contributed by atoms with Crippen LogP contribution in [-0.2, 0) is 11.3 Å². The monoisotopic (exact) mass is 216 g/mol. The summed E-state index contributed by atoms with van der Waals surface area (Å²) in [6.07, 6.45) is 5.18. The topological polar surface area (TPSA) is 41.1 Å². The molecule has 16 heavy (non-hydrogen) atoms. The van der Waals surface area contributed by atoms with Gasteiger partial charge in [-0.1, -0.05) is 36.3 Å². The highest BCUT2D eigenvalue weighted by Gasteiger charge is 2.02. The predicted molar refractivity (Wildman–Crippen MR) is 64.6 cm³/mol. The minimum absolute atomic E-state index is 0.0500. The summed E-state index contributed by atoms with van der Waals surface area (Å²) in [5, 5.41) is 5.73. The summed E-state index contributed by atoms with van der Waals surface area (Å²) in [4.78, 5) is 11.4. The van der Waals surface area contributed by atoms with Gasteiger partial charge in [0.05, 0.1) is 12.6 Å². The number of hydrogen-bond acceptors (Lipinski definition) is 2. The zero-order chi connectivity index (χ0) is 11.8. The second kappa shape index (κ2) is 6.65. The van der Waals surface area contributed by atoms with Gasteiger partial charge in [0.1, 0.15) is 0 Å². The number of hydrogen-bond donors (Lipinski definition) is 2. The molecule has 1 aromatic rings. The van der Waals surface area contributed by atoms with E-state index in [9.17, 15) is 4.79 Å². The highest BCUT2D eigenvalue weighted by atomic mass is 16.1. The molecular weight excluding hydrogens is 200 g/mol. The third kappa shape index (κ3) is 4.63. The first-order valence-corrected chi connectivity index (χ1v) is 5.22. The number of rotatable bonds is 5. The van der Waals surface area contributed by atoms with Crippen molar-refractivity contribution < 1.29 is 4.79 Å². The molecule has 0 fully saturated rings. The fourth-order valence-electron chi connectivity index (χ4n) is 1.16. The lowest BCUT2D eigenvalue weighted by molar-refractivity contribution is -0.120. The second-order valence-electron chi connectivity index (χ2n) is 3.53. The van der Waals surface area contributed by atoms with Crippen LogP contribution in [0.25, 0.3) is 0 Å². The van der Waals surface area contributed by atoms with Crippen LogP contribution in [0.15, 0.2) is 30.3 Å². The average Bonchev–Trinajstić information content (AvgIpc) is 2.34. The maximum Gasteiger partial charge on any atom is 0.234 e. The first-order valence-electron chi connectivity index (χ1n) is 5.22. The van der Waals surface area contributed by atoms with Gasteiger partial charge in [-0.25, -0.2) is 0 Å². The molecule has 0 heterocycles.